The van der Waals surface area contributed by atoms with Gasteiger partial charge in [0.15, 0.2) is 0 Å². The Morgan fingerprint density at radius 2 is 2.19 bits per heavy atom. The second-order valence-electron chi connectivity index (χ2n) is 5.74. The van der Waals surface area contributed by atoms with Crippen LogP contribution in [0, 0.1) is 5.92 Å². The molecule has 0 spiro atoms. The highest BCUT2D eigenvalue weighted by Crippen LogP contribution is 2.42. The number of ether oxygens (including phenoxy) is 2. The Balaban J connectivity index is 1.67. The maximum atomic E-state index is 11.9. The smallest absolute Gasteiger partial charge is 0.248 e. The Morgan fingerprint density at radius 3 is 2.95 bits per heavy atom. The molecule has 5 nitrogen and oxygen atoms in total. The fraction of sp³-hybridized carbons (Fsp3) is 0.562. The highest BCUT2D eigenvalue weighted by Gasteiger charge is 2.47. The van der Waals surface area contributed by atoms with Crippen LogP contribution in [0.15, 0.2) is 24.3 Å². The van der Waals surface area contributed by atoms with Gasteiger partial charge in [-0.3, -0.25) is 4.79 Å². The predicted molar refractivity (Wildman–Crippen MR) is 77.3 cm³/mol. The molecule has 1 amide bonds. The Labute approximate surface area is 124 Å². The summed E-state index contributed by atoms with van der Waals surface area (Å²) in [4.78, 5) is 13.8. The fourth-order valence-electron chi connectivity index (χ4n) is 3.65. The minimum atomic E-state index is -0.418. The molecular formula is C16H21NO4. The number of carbonyl (C=O) groups is 1. The van der Waals surface area contributed by atoms with Gasteiger partial charge in [0.1, 0.15) is 24.7 Å². The SMILES string of the molecule is COc1cccc(OC[C@H]2C3CCC(C3)N2C(=O)CO)c1. The molecule has 2 bridgehead atoms. The summed E-state index contributed by atoms with van der Waals surface area (Å²) in [5.41, 5.74) is 0. The van der Waals surface area contributed by atoms with Crippen LogP contribution in [0.25, 0.3) is 0 Å². The molecule has 3 atom stereocenters. The van der Waals surface area contributed by atoms with Crippen molar-refractivity contribution >= 4 is 5.91 Å². The summed E-state index contributed by atoms with van der Waals surface area (Å²) in [6.07, 6.45) is 3.23. The van der Waals surface area contributed by atoms with Crippen molar-refractivity contribution in [2.24, 2.45) is 5.92 Å². The number of amides is 1. The minimum Gasteiger partial charge on any atom is -0.497 e. The molecule has 1 N–H and O–H groups in total. The van der Waals surface area contributed by atoms with E-state index in [0.717, 1.165) is 30.8 Å². The van der Waals surface area contributed by atoms with Crippen LogP contribution < -0.4 is 9.47 Å². The maximum Gasteiger partial charge on any atom is 0.248 e. The topological polar surface area (TPSA) is 59.0 Å². The van der Waals surface area contributed by atoms with E-state index in [-0.39, 0.29) is 18.0 Å². The van der Waals surface area contributed by atoms with Crippen LogP contribution in [0.3, 0.4) is 0 Å². The van der Waals surface area contributed by atoms with Gasteiger partial charge >= 0.3 is 0 Å². The minimum absolute atomic E-state index is 0.0783. The molecule has 21 heavy (non-hydrogen) atoms. The molecule has 1 saturated heterocycles. The zero-order valence-corrected chi connectivity index (χ0v) is 12.2. The number of nitrogens with zero attached hydrogens (tertiary/aromatic N) is 1. The van der Waals surface area contributed by atoms with Gasteiger partial charge in [0.25, 0.3) is 0 Å². The number of benzene rings is 1. The van der Waals surface area contributed by atoms with Gasteiger partial charge in [-0.1, -0.05) is 6.07 Å². The van der Waals surface area contributed by atoms with E-state index in [1.54, 1.807) is 7.11 Å². The Morgan fingerprint density at radius 1 is 1.38 bits per heavy atom. The van der Waals surface area contributed by atoms with E-state index in [0.29, 0.717) is 12.5 Å². The normalized spacial score (nSPS) is 27.0. The van der Waals surface area contributed by atoms with Crippen LogP contribution in [0.2, 0.25) is 0 Å². The molecule has 1 saturated carbocycles. The van der Waals surface area contributed by atoms with E-state index in [4.69, 9.17) is 14.6 Å². The first kappa shape index (κ1) is 14.2. The lowest BCUT2D eigenvalue weighted by Crippen LogP contribution is -2.48. The lowest BCUT2D eigenvalue weighted by atomic mass is 9.99. The van der Waals surface area contributed by atoms with Crippen molar-refractivity contribution < 1.29 is 19.4 Å². The number of aliphatic hydroxyl groups is 1. The highest BCUT2D eigenvalue weighted by atomic mass is 16.5. The van der Waals surface area contributed by atoms with Crippen molar-refractivity contribution in [3.63, 3.8) is 0 Å². The van der Waals surface area contributed by atoms with Gasteiger partial charge in [-0.15, -0.1) is 0 Å². The fourth-order valence-corrected chi connectivity index (χ4v) is 3.65. The van der Waals surface area contributed by atoms with Crippen LogP contribution in [0.5, 0.6) is 11.5 Å². The van der Waals surface area contributed by atoms with Gasteiger partial charge in [0.05, 0.1) is 13.2 Å². The molecule has 1 aliphatic carbocycles. The largest absolute Gasteiger partial charge is 0.497 e. The van der Waals surface area contributed by atoms with Gasteiger partial charge in [-0.2, -0.15) is 0 Å². The third kappa shape index (κ3) is 2.70. The molecular weight excluding hydrogens is 270 g/mol. The second kappa shape index (κ2) is 5.93. The van der Waals surface area contributed by atoms with Crippen molar-refractivity contribution in [1.29, 1.82) is 0 Å². The molecule has 2 fully saturated rings. The quantitative estimate of drug-likeness (QED) is 0.892. The Kier molecular flexibility index (Phi) is 4.01. The van der Waals surface area contributed by atoms with E-state index in [2.05, 4.69) is 0 Å². The van der Waals surface area contributed by atoms with Gasteiger partial charge in [0.2, 0.25) is 5.91 Å². The number of hydrogen-bond donors (Lipinski definition) is 1. The number of carbonyl (C=O) groups excluding carboxylic acids is 1. The molecule has 1 aliphatic heterocycles. The van der Waals surface area contributed by atoms with Crippen molar-refractivity contribution in [2.75, 3.05) is 20.3 Å². The summed E-state index contributed by atoms with van der Waals surface area (Å²) < 4.78 is 11.0. The monoisotopic (exact) mass is 291 g/mol. The van der Waals surface area contributed by atoms with Crippen LogP contribution >= 0.6 is 0 Å². The standard InChI is InChI=1S/C16H21NO4/c1-20-13-3-2-4-14(8-13)21-10-15-11-5-6-12(7-11)17(15)16(19)9-18/h2-4,8,11-12,15,18H,5-7,9-10H2,1H3/t11?,12?,15-/m0/s1. The number of likely N-dealkylation sites (tertiary alicyclic amines) is 1. The van der Waals surface area contributed by atoms with Crippen LogP contribution in [-0.2, 0) is 4.79 Å². The molecule has 1 heterocycles. The van der Waals surface area contributed by atoms with E-state index in [1.807, 2.05) is 29.2 Å². The number of rotatable bonds is 5. The number of hydrogen-bond acceptors (Lipinski definition) is 4. The summed E-state index contributed by atoms with van der Waals surface area (Å²) in [6, 6.07) is 7.83. The molecule has 2 unspecified atom stereocenters. The Hall–Kier alpha value is -1.75. The molecule has 0 radical (unpaired) electrons. The van der Waals surface area contributed by atoms with Gasteiger partial charge < -0.3 is 19.5 Å². The molecule has 114 valence electrons. The summed E-state index contributed by atoms with van der Waals surface area (Å²) in [6.45, 7) is 0.0545. The summed E-state index contributed by atoms with van der Waals surface area (Å²) >= 11 is 0. The molecule has 1 aromatic carbocycles. The zero-order chi connectivity index (χ0) is 14.8. The van der Waals surface area contributed by atoms with Crippen molar-refractivity contribution in [2.45, 2.75) is 31.3 Å². The van der Waals surface area contributed by atoms with Crippen LogP contribution in [-0.4, -0.2) is 48.3 Å². The highest BCUT2D eigenvalue weighted by molar-refractivity contribution is 5.78. The van der Waals surface area contributed by atoms with Gasteiger partial charge in [-0.25, -0.2) is 0 Å². The van der Waals surface area contributed by atoms with Crippen molar-refractivity contribution in [3.8, 4) is 11.5 Å². The second-order valence-corrected chi connectivity index (χ2v) is 5.74. The maximum absolute atomic E-state index is 11.9. The van der Waals surface area contributed by atoms with E-state index in [9.17, 15) is 4.79 Å². The molecule has 3 rings (SSSR count). The average molecular weight is 291 g/mol. The van der Waals surface area contributed by atoms with Crippen molar-refractivity contribution in [1.82, 2.24) is 4.90 Å². The Bertz CT molecular complexity index is 519. The number of piperidine rings is 1. The van der Waals surface area contributed by atoms with Crippen molar-refractivity contribution in [3.05, 3.63) is 24.3 Å². The van der Waals surface area contributed by atoms with E-state index >= 15 is 0 Å². The predicted octanol–water partition coefficient (Wildman–Crippen LogP) is 1.45. The molecule has 5 heteroatoms. The zero-order valence-electron chi connectivity index (χ0n) is 12.2. The van der Waals surface area contributed by atoms with Gasteiger partial charge in [-0.05, 0) is 37.3 Å². The average Bonchev–Trinajstić information content (AvgIpc) is 3.13. The molecule has 1 aromatic rings. The molecule has 0 aromatic heterocycles. The number of methoxy groups -OCH3 is 1. The first-order valence-electron chi connectivity index (χ1n) is 7.42. The summed E-state index contributed by atoms with van der Waals surface area (Å²) in [7, 11) is 1.62. The first-order valence-corrected chi connectivity index (χ1v) is 7.42. The van der Waals surface area contributed by atoms with E-state index < -0.39 is 6.61 Å². The lowest BCUT2D eigenvalue weighted by molar-refractivity contribution is -0.139. The number of aliphatic hydroxyl groups excluding tert-OH is 1. The van der Waals surface area contributed by atoms with E-state index in [1.165, 1.54) is 0 Å². The van der Waals surface area contributed by atoms with Gasteiger partial charge in [0, 0.05) is 12.1 Å². The van der Waals surface area contributed by atoms with Crippen LogP contribution in [0.1, 0.15) is 19.3 Å². The number of fused-ring (bicyclic) bond motifs is 2. The third-order valence-corrected chi connectivity index (χ3v) is 4.63. The summed E-state index contributed by atoms with van der Waals surface area (Å²) in [5.74, 6) is 1.81. The lowest BCUT2D eigenvalue weighted by Gasteiger charge is -2.34. The summed E-state index contributed by atoms with van der Waals surface area (Å²) in [5, 5.41) is 9.15. The molecule has 2 aliphatic rings. The first-order chi connectivity index (χ1) is 10.2. The van der Waals surface area contributed by atoms with Crippen LogP contribution in [0.4, 0.5) is 0 Å². The third-order valence-electron chi connectivity index (χ3n) is 4.63.